The Morgan fingerprint density at radius 1 is 1.20 bits per heavy atom. The molecule has 1 aliphatic rings. The molecular formula is C15H15IN4. The number of anilines is 1. The van der Waals surface area contributed by atoms with Crippen LogP contribution in [0.3, 0.4) is 0 Å². The van der Waals surface area contributed by atoms with Gasteiger partial charge in [-0.05, 0) is 40.3 Å². The first kappa shape index (κ1) is 13.4. The second-order valence-electron chi connectivity index (χ2n) is 4.60. The van der Waals surface area contributed by atoms with Crippen molar-refractivity contribution in [2.45, 2.75) is 13.0 Å². The van der Waals surface area contributed by atoms with Crippen LogP contribution in [0.1, 0.15) is 12.0 Å². The minimum atomic E-state index is 0.719. The van der Waals surface area contributed by atoms with E-state index in [4.69, 9.17) is 0 Å². The molecule has 1 fully saturated rings. The maximum absolute atomic E-state index is 4.62. The van der Waals surface area contributed by atoms with E-state index < -0.39 is 0 Å². The van der Waals surface area contributed by atoms with Gasteiger partial charge in [-0.1, -0.05) is 30.3 Å². The van der Waals surface area contributed by atoms with Crippen molar-refractivity contribution in [3.8, 4) is 0 Å². The van der Waals surface area contributed by atoms with E-state index in [0.29, 0.717) is 0 Å². The highest BCUT2D eigenvalue weighted by atomic mass is 127. The van der Waals surface area contributed by atoms with Gasteiger partial charge in [0.05, 0.1) is 6.54 Å². The molecule has 0 bridgehead atoms. The van der Waals surface area contributed by atoms with Gasteiger partial charge >= 0.3 is 0 Å². The van der Waals surface area contributed by atoms with Crippen LogP contribution in [0.2, 0.25) is 0 Å². The molecule has 2 aromatic rings. The number of hydrogen-bond donors (Lipinski definition) is 1. The first-order valence-electron chi connectivity index (χ1n) is 6.54. The summed E-state index contributed by atoms with van der Waals surface area (Å²) >= 11 is 2.26. The van der Waals surface area contributed by atoms with Crippen molar-refractivity contribution in [3.05, 3.63) is 57.8 Å². The molecule has 2 heterocycles. The molecule has 20 heavy (non-hydrogen) atoms. The van der Waals surface area contributed by atoms with Crippen LogP contribution in [0.4, 0.5) is 5.82 Å². The SMILES string of the molecule is Ic1ccc(N2CCC(=NCc3ccccc3)N2)nc1. The van der Waals surface area contributed by atoms with Gasteiger partial charge in [0.15, 0.2) is 0 Å². The zero-order chi connectivity index (χ0) is 13.8. The Bertz CT molecular complexity index is 595. The van der Waals surface area contributed by atoms with Crippen LogP contribution in [0, 0.1) is 3.57 Å². The zero-order valence-corrected chi connectivity index (χ0v) is 13.1. The lowest BCUT2D eigenvalue weighted by Crippen LogP contribution is -2.33. The minimum absolute atomic E-state index is 0.719. The van der Waals surface area contributed by atoms with E-state index in [2.05, 4.69) is 56.2 Å². The van der Waals surface area contributed by atoms with Gasteiger partial charge in [0.2, 0.25) is 0 Å². The van der Waals surface area contributed by atoms with E-state index >= 15 is 0 Å². The van der Waals surface area contributed by atoms with Gasteiger partial charge < -0.3 is 0 Å². The van der Waals surface area contributed by atoms with Crippen LogP contribution < -0.4 is 10.4 Å². The Labute approximate surface area is 132 Å². The molecule has 102 valence electrons. The highest BCUT2D eigenvalue weighted by Crippen LogP contribution is 2.14. The summed E-state index contributed by atoms with van der Waals surface area (Å²) in [6, 6.07) is 14.4. The first-order chi connectivity index (χ1) is 9.81. The quantitative estimate of drug-likeness (QED) is 0.835. The van der Waals surface area contributed by atoms with Crippen LogP contribution in [-0.2, 0) is 6.54 Å². The summed E-state index contributed by atoms with van der Waals surface area (Å²) < 4.78 is 1.14. The predicted molar refractivity (Wildman–Crippen MR) is 89.6 cm³/mol. The van der Waals surface area contributed by atoms with E-state index in [-0.39, 0.29) is 0 Å². The molecule has 0 atom stereocenters. The van der Waals surface area contributed by atoms with Crippen LogP contribution in [0.25, 0.3) is 0 Å². The van der Waals surface area contributed by atoms with E-state index in [1.54, 1.807) is 0 Å². The average Bonchev–Trinajstić information content (AvgIpc) is 2.96. The fourth-order valence-electron chi connectivity index (χ4n) is 2.07. The highest BCUT2D eigenvalue weighted by Gasteiger charge is 2.17. The molecule has 1 N–H and O–H groups in total. The Balaban J connectivity index is 1.63. The van der Waals surface area contributed by atoms with Gasteiger partial charge in [-0.15, -0.1) is 0 Å². The van der Waals surface area contributed by atoms with Gasteiger partial charge in [-0.2, -0.15) is 0 Å². The monoisotopic (exact) mass is 378 g/mol. The lowest BCUT2D eigenvalue weighted by Gasteiger charge is -2.16. The molecule has 5 heteroatoms. The normalized spacial score (nSPS) is 16.4. The van der Waals surface area contributed by atoms with Crippen LogP contribution in [0.5, 0.6) is 0 Å². The highest BCUT2D eigenvalue weighted by molar-refractivity contribution is 14.1. The van der Waals surface area contributed by atoms with E-state index in [1.165, 1.54) is 5.56 Å². The van der Waals surface area contributed by atoms with Crippen LogP contribution in [-0.4, -0.2) is 17.4 Å². The fourth-order valence-corrected chi connectivity index (χ4v) is 2.39. The third-order valence-electron chi connectivity index (χ3n) is 3.12. The summed E-state index contributed by atoms with van der Waals surface area (Å²) in [7, 11) is 0. The lowest BCUT2D eigenvalue weighted by molar-refractivity contribution is 0.833. The predicted octanol–water partition coefficient (Wildman–Crippen LogP) is 3.00. The molecule has 1 aromatic heterocycles. The third kappa shape index (κ3) is 3.27. The number of amidine groups is 1. The zero-order valence-electron chi connectivity index (χ0n) is 11.0. The number of benzene rings is 1. The number of rotatable bonds is 3. The van der Waals surface area contributed by atoms with Crippen molar-refractivity contribution in [2.75, 3.05) is 11.6 Å². The van der Waals surface area contributed by atoms with Gasteiger partial charge in [0, 0.05) is 22.7 Å². The summed E-state index contributed by atoms with van der Waals surface area (Å²) in [4.78, 5) is 9.04. The van der Waals surface area contributed by atoms with E-state index in [9.17, 15) is 0 Å². The van der Waals surface area contributed by atoms with E-state index in [1.807, 2.05) is 35.5 Å². The second-order valence-corrected chi connectivity index (χ2v) is 5.84. The van der Waals surface area contributed by atoms with E-state index in [0.717, 1.165) is 34.7 Å². The molecule has 1 aromatic carbocycles. The fraction of sp³-hybridized carbons (Fsp3) is 0.200. The van der Waals surface area contributed by atoms with Crippen molar-refractivity contribution >= 4 is 34.2 Å². The van der Waals surface area contributed by atoms with Gasteiger partial charge in [-0.25, -0.2) is 4.98 Å². The maximum Gasteiger partial charge on any atom is 0.147 e. The number of halogens is 1. The summed E-state index contributed by atoms with van der Waals surface area (Å²) in [5.41, 5.74) is 4.54. The topological polar surface area (TPSA) is 40.5 Å². The van der Waals surface area contributed by atoms with Gasteiger partial charge in [0.25, 0.3) is 0 Å². The molecule has 1 aliphatic heterocycles. The first-order valence-corrected chi connectivity index (χ1v) is 7.62. The van der Waals surface area contributed by atoms with Crippen molar-refractivity contribution < 1.29 is 0 Å². The summed E-state index contributed by atoms with van der Waals surface area (Å²) in [5.74, 6) is 1.96. The number of hydrogen-bond acceptors (Lipinski definition) is 3. The van der Waals surface area contributed by atoms with Gasteiger partial charge in [-0.3, -0.25) is 15.4 Å². The molecule has 0 unspecified atom stereocenters. The molecule has 0 aliphatic carbocycles. The number of nitrogens with one attached hydrogen (secondary N) is 1. The Morgan fingerprint density at radius 2 is 2.05 bits per heavy atom. The molecule has 0 amide bonds. The number of hydrazine groups is 1. The number of nitrogens with zero attached hydrogens (tertiary/aromatic N) is 3. The third-order valence-corrected chi connectivity index (χ3v) is 3.76. The summed E-state index contributed by atoms with van der Waals surface area (Å²) in [6.07, 6.45) is 2.80. The summed E-state index contributed by atoms with van der Waals surface area (Å²) in [5, 5.41) is 2.04. The molecule has 0 radical (unpaired) electrons. The van der Waals surface area contributed by atoms with Crippen molar-refractivity contribution in [2.24, 2.45) is 4.99 Å². The Hall–Kier alpha value is -1.63. The minimum Gasteiger partial charge on any atom is -0.284 e. The van der Waals surface area contributed by atoms with Crippen molar-refractivity contribution in [1.29, 1.82) is 0 Å². The molecule has 0 saturated carbocycles. The largest absolute Gasteiger partial charge is 0.284 e. The molecule has 4 nitrogen and oxygen atoms in total. The molecular weight excluding hydrogens is 363 g/mol. The van der Waals surface area contributed by atoms with Crippen LogP contribution in [0.15, 0.2) is 53.7 Å². The Morgan fingerprint density at radius 3 is 2.80 bits per heavy atom. The summed E-state index contributed by atoms with van der Waals surface area (Å²) in [6.45, 7) is 1.62. The number of pyridine rings is 1. The van der Waals surface area contributed by atoms with Gasteiger partial charge in [0.1, 0.15) is 11.7 Å². The molecule has 3 rings (SSSR count). The number of aliphatic imine (C=N–C) groups is 1. The number of aromatic nitrogens is 1. The molecule has 0 spiro atoms. The van der Waals surface area contributed by atoms with Crippen molar-refractivity contribution in [3.63, 3.8) is 0 Å². The maximum atomic E-state index is 4.62. The smallest absolute Gasteiger partial charge is 0.147 e. The Kier molecular flexibility index (Phi) is 4.15. The average molecular weight is 378 g/mol. The standard InChI is InChI=1S/C15H15IN4/c16-13-6-7-15(18-11-13)20-9-8-14(19-20)17-10-12-4-2-1-3-5-12/h1-7,11H,8-10H2,(H,17,19). The second kappa shape index (κ2) is 6.21. The molecule has 1 saturated heterocycles. The van der Waals surface area contributed by atoms with Crippen LogP contribution >= 0.6 is 22.6 Å². The van der Waals surface area contributed by atoms with Crippen molar-refractivity contribution in [1.82, 2.24) is 10.4 Å². The lowest BCUT2D eigenvalue weighted by atomic mass is 10.2.